The van der Waals surface area contributed by atoms with Crippen LogP contribution in [-0.4, -0.2) is 12.1 Å². The molecule has 0 N–H and O–H groups in total. The number of esters is 1. The Bertz CT molecular complexity index is 289. The number of hydrogen-bond acceptors (Lipinski definition) is 2. The fourth-order valence-electron chi connectivity index (χ4n) is 0.325. The minimum absolute atomic E-state index is 0.352. The Morgan fingerprint density at radius 3 is 2.00 bits per heavy atom. The van der Waals surface area contributed by atoms with Crippen LogP contribution in [0.5, 0.6) is 0 Å². The minimum atomic E-state index is -5.51. The number of ether oxygens (including phenoxy) is 1. The van der Waals surface area contributed by atoms with Gasteiger partial charge in [0.15, 0.2) is 0 Å². The van der Waals surface area contributed by atoms with Gasteiger partial charge in [-0.1, -0.05) is 6.58 Å². The van der Waals surface area contributed by atoms with E-state index in [1.807, 2.05) is 0 Å². The number of halogens is 5. The van der Waals surface area contributed by atoms with Crippen LogP contribution in [0.3, 0.4) is 0 Å². The molecule has 0 rings (SSSR count). The van der Waals surface area contributed by atoms with Gasteiger partial charge in [0.05, 0.1) is 0 Å². The molecule has 0 bridgehead atoms. The zero-order chi connectivity index (χ0) is 11.5. The molecule has 0 amide bonds. The minimum Gasteiger partial charge on any atom is -0.393 e. The average Bonchev–Trinajstić information content (AvgIpc) is 2.00. The van der Waals surface area contributed by atoms with E-state index in [0.717, 1.165) is 6.92 Å². The monoisotopic (exact) mass is 216 g/mol. The Morgan fingerprint density at radius 1 is 1.29 bits per heavy atom. The quantitative estimate of drug-likeness (QED) is 0.307. The Morgan fingerprint density at radius 2 is 1.71 bits per heavy atom. The first-order valence-corrected chi connectivity index (χ1v) is 3.16. The molecule has 0 saturated heterocycles. The van der Waals surface area contributed by atoms with Crippen molar-refractivity contribution >= 4 is 5.97 Å². The van der Waals surface area contributed by atoms with Gasteiger partial charge in [-0.05, 0) is 6.92 Å². The highest BCUT2D eigenvalue weighted by Crippen LogP contribution is 2.30. The molecule has 0 aliphatic carbocycles. The zero-order valence-electron chi connectivity index (χ0n) is 6.91. The van der Waals surface area contributed by atoms with Gasteiger partial charge in [0.1, 0.15) is 0 Å². The largest absolute Gasteiger partial charge is 0.449 e. The average molecular weight is 216 g/mol. The summed E-state index contributed by atoms with van der Waals surface area (Å²) in [6, 6.07) is -2.62. The van der Waals surface area contributed by atoms with Crippen LogP contribution in [0.4, 0.5) is 22.0 Å². The van der Waals surface area contributed by atoms with Gasteiger partial charge in [-0.3, -0.25) is 0 Å². The van der Waals surface area contributed by atoms with Gasteiger partial charge >= 0.3 is 18.2 Å². The van der Waals surface area contributed by atoms with Gasteiger partial charge in [0, 0.05) is 5.57 Å². The second-order valence-corrected chi connectivity index (χ2v) is 2.26. The van der Waals surface area contributed by atoms with Gasteiger partial charge < -0.3 is 4.74 Å². The molecule has 0 unspecified atom stereocenters. The van der Waals surface area contributed by atoms with Crippen molar-refractivity contribution in [2.24, 2.45) is 0 Å². The molecule has 14 heavy (non-hydrogen) atoms. The van der Waals surface area contributed by atoms with Crippen LogP contribution in [0, 0.1) is 0 Å². The number of hydrogen-bond donors (Lipinski definition) is 0. The van der Waals surface area contributed by atoms with Crippen molar-refractivity contribution in [2.45, 2.75) is 13.1 Å². The molecule has 80 valence electrons. The molecule has 0 aliphatic rings. The second kappa shape index (κ2) is 4.21. The number of alkyl halides is 3. The third-order valence-electron chi connectivity index (χ3n) is 0.952. The predicted molar refractivity (Wildman–Crippen MR) is 36.2 cm³/mol. The molecule has 7 heteroatoms. The fourth-order valence-corrected chi connectivity index (χ4v) is 0.325. The molecule has 0 fully saturated rings. The Labute approximate surface area is 75.7 Å². The molecule has 0 spiro atoms. The SMILES string of the molecule is C=C(C)C(=O)OC(F)=C(F)C(F)(F)F. The molecule has 0 radical (unpaired) electrons. The van der Waals surface area contributed by atoms with E-state index in [2.05, 4.69) is 11.3 Å². The molecule has 0 aromatic carbocycles. The van der Waals surface area contributed by atoms with Gasteiger partial charge in [-0.15, -0.1) is 0 Å². The molecule has 0 aromatic heterocycles. The van der Waals surface area contributed by atoms with E-state index in [4.69, 9.17) is 0 Å². The van der Waals surface area contributed by atoms with Crippen molar-refractivity contribution in [1.82, 2.24) is 0 Å². The summed E-state index contributed by atoms with van der Waals surface area (Å²) in [4.78, 5) is 10.5. The normalized spacial score (nSPS) is 13.3. The lowest BCUT2D eigenvalue weighted by atomic mass is 10.4. The molecule has 0 atom stereocenters. The third kappa shape index (κ3) is 3.55. The van der Waals surface area contributed by atoms with Crippen LogP contribution >= 0.6 is 0 Å². The van der Waals surface area contributed by atoms with Crippen molar-refractivity contribution in [2.75, 3.05) is 0 Å². The first-order chi connectivity index (χ1) is 6.16. The third-order valence-corrected chi connectivity index (χ3v) is 0.952. The lowest BCUT2D eigenvalue weighted by Crippen LogP contribution is -2.12. The van der Waals surface area contributed by atoms with E-state index in [-0.39, 0.29) is 5.57 Å². The number of rotatable bonds is 2. The van der Waals surface area contributed by atoms with E-state index in [9.17, 15) is 26.7 Å². The molecular formula is C7H5F5O2. The van der Waals surface area contributed by atoms with Gasteiger partial charge in [-0.2, -0.15) is 22.0 Å². The Balaban J connectivity index is 4.71. The Hall–Kier alpha value is -1.40. The van der Waals surface area contributed by atoms with Crippen LogP contribution in [0.1, 0.15) is 6.92 Å². The Kier molecular flexibility index (Phi) is 3.79. The van der Waals surface area contributed by atoms with Crippen molar-refractivity contribution in [1.29, 1.82) is 0 Å². The summed E-state index contributed by atoms with van der Waals surface area (Å²) in [6.45, 7) is 4.03. The fraction of sp³-hybridized carbons (Fsp3) is 0.286. The van der Waals surface area contributed by atoms with E-state index in [1.54, 1.807) is 0 Å². The number of carbonyl (C=O) groups is 1. The maximum Gasteiger partial charge on any atom is 0.449 e. The van der Waals surface area contributed by atoms with Crippen molar-refractivity contribution in [3.05, 3.63) is 24.0 Å². The predicted octanol–water partition coefficient (Wildman–Crippen LogP) is 2.78. The van der Waals surface area contributed by atoms with Crippen LogP contribution in [0.15, 0.2) is 24.0 Å². The molecule has 2 nitrogen and oxygen atoms in total. The van der Waals surface area contributed by atoms with Crippen LogP contribution in [0.2, 0.25) is 0 Å². The van der Waals surface area contributed by atoms with Gasteiger partial charge in [-0.25, -0.2) is 4.79 Å². The summed E-state index contributed by atoms with van der Waals surface area (Å²) in [7, 11) is 0. The van der Waals surface area contributed by atoms with Crippen LogP contribution in [-0.2, 0) is 9.53 Å². The summed E-state index contributed by atoms with van der Waals surface area (Å²) < 4.78 is 62.0. The summed E-state index contributed by atoms with van der Waals surface area (Å²) in [5.41, 5.74) is -0.352. The molecule has 0 saturated carbocycles. The number of carbonyl (C=O) groups excluding carboxylic acids is 1. The summed E-state index contributed by atoms with van der Waals surface area (Å²) >= 11 is 0. The molecule has 0 aliphatic heterocycles. The first kappa shape index (κ1) is 12.6. The van der Waals surface area contributed by atoms with E-state index < -0.39 is 24.0 Å². The van der Waals surface area contributed by atoms with Crippen molar-refractivity contribution in [3.8, 4) is 0 Å². The summed E-state index contributed by atoms with van der Waals surface area (Å²) in [6.07, 6.45) is -5.51. The smallest absolute Gasteiger partial charge is 0.393 e. The lowest BCUT2D eigenvalue weighted by Gasteiger charge is -2.04. The lowest BCUT2D eigenvalue weighted by molar-refractivity contribution is -0.141. The molecular weight excluding hydrogens is 211 g/mol. The second-order valence-electron chi connectivity index (χ2n) is 2.26. The topological polar surface area (TPSA) is 26.3 Å². The van der Waals surface area contributed by atoms with Crippen LogP contribution < -0.4 is 0 Å². The van der Waals surface area contributed by atoms with Crippen molar-refractivity contribution in [3.63, 3.8) is 0 Å². The maximum absolute atomic E-state index is 12.2. The highest BCUT2D eigenvalue weighted by molar-refractivity contribution is 5.87. The van der Waals surface area contributed by atoms with E-state index >= 15 is 0 Å². The van der Waals surface area contributed by atoms with Crippen molar-refractivity contribution < 1.29 is 31.5 Å². The maximum atomic E-state index is 12.2. The van der Waals surface area contributed by atoms with Crippen LogP contribution in [0.25, 0.3) is 0 Å². The van der Waals surface area contributed by atoms with E-state index in [1.165, 1.54) is 0 Å². The van der Waals surface area contributed by atoms with Gasteiger partial charge in [0.25, 0.3) is 5.83 Å². The molecule has 0 aromatic rings. The van der Waals surface area contributed by atoms with Gasteiger partial charge in [0.2, 0.25) is 0 Å². The summed E-state index contributed by atoms with van der Waals surface area (Å²) in [5, 5.41) is 0. The standard InChI is InChI=1S/C7H5F5O2/c1-3(2)6(13)14-5(9)4(8)7(10,11)12/h1H2,2H3. The number of allylic oxidation sites excluding steroid dienone is 1. The molecule has 0 heterocycles. The van der Waals surface area contributed by atoms with E-state index in [0.29, 0.717) is 0 Å². The summed E-state index contributed by atoms with van der Waals surface area (Å²) in [5.74, 6) is -4.56. The highest BCUT2D eigenvalue weighted by Gasteiger charge is 2.40. The zero-order valence-corrected chi connectivity index (χ0v) is 6.91. The first-order valence-electron chi connectivity index (χ1n) is 3.16. The highest BCUT2D eigenvalue weighted by atomic mass is 19.4.